The van der Waals surface area contributed by atoms with E-state index in [2.05, 4.69) is 20.0 Å². The maximum atomic E-state index is 12.3. The number of hydrogen-bond acceptors (Lipinski definition) is 4. The van der Waals surface area contributed by atoms with Crippen molar-refractivity contribution in [3.05, 3.63) is 36.7 Å². The van der Waals surface area contributed by atoms with E-state index in [1.807, 2.05) is 0 Å². The molecule has 4 nitrogen and oxygen atoms in total. The van der Waals surface area contributed by atoms with Crippen molar-refractivity contribution >= 4 is 5.82 Å². The van der Waals surface area contributed by atoms with Crippen LogP contribution in [0.3, 0.4) is 0 Å². The van der Waals surface area contributed by atoms with Gasteiger partial charge in [-0.3, -0.25) is 4.98 Å². The predicted octanol–water partition coefficient (Wildman–Crippen LogP) is 2.79. The molecule has 0 aliphatic heterocycles. The van der Waals surface area contributed by atoms with Gasteiger partial charge >= 0.3 is 6.61 Å². The molecule has 0 amide bonds. The van der Waals surface area contributed by atoms with Gasteiger partial charge in [-0.25, -0.2) is 4.98 Å². The Bertz CT molecular complexity index is 534. The molecule has 6 heteroatoms. The molecule has 1 aromatic carbocycles. The van der Waals surface area contributed by atoms with Gasteiger partial charge in [-0.1, -0.05) is 12.1 Å². The summed E-state index contributed by atoms with van der Waals surface area (Å²) in [4.78, 5) is 8.21. The molecule has 0 saturated heterocycles. The molecule has 94 valence electrons. The summed E-state index contributed by atoms with van der Waals surface area (Å²) in [6.45, 7) is -2.87. The molecular formula is C12H11F2N3O. The Morgan fingerprint density at radius 2 is 1.89 bits per heavy atom. The van der Waals surface area contributed by atoms with Crippen molar-refractivity contribution in [2.75, 3.05) is 12.4 Å². The van der Waals surface area contributed by atoms with Crippen LogP contribution in [-0.4, -0.2) is 23.6 Å². The number of ether oxygens (including phenoxy) is 1. The van der Waals surface area contributed by atoms with Crippen molar-refractivity contribution in [2.24, 2.45) is 0 Å². The van der Waals surface area contributed by atoms with Gasteiger partial charge in [0.25, 0.3) is 0 Å². The van der Waals surface area contributed by atoms with Crippen molar-refractivity contribution in [1.82, 2.24) is 9.97 Å². The molecule has 1 aromatic heterocycles. The van der Waals surface area contributed by atoms with Crippen molar-refractivity contribution in [3.63, 3.8) is 0 Å². The molecule has 0 bridgehead atoms. The average Bonchev–Trinajstić information content (AvgIpc) is 2.39. The first kappa shape index (κ1) is 12.2. The number of benzene rings is 1. The smallest absolute Gasteiger partial charge is 0.387 e. The van der Waals surface area contributed by atoms with Gasteiger partial charge in [0.1, 0.15) is 11.4 Å². The number of hydrogen-bond donors (Lipinski definition) is 1. The Morgan fingerprint density at radius 3 is 2.61 bits per heavy atom. The van der Waals surface area contributed by atoms with Gasteiger partial charge in [-0.2, -0.15) is 8.78 Å². The van der Waals surface area contributed by atoms with E-state index >= 15 is 0 Å². The third kappa shape index (κ3) is 2.53. The normalized spacial score (nSPS) is 10.4. The highest BCUT2D eigenvalue weighted by molar-refractivity contribution is 5.75. The minimum absolute atomic E-state index is 0.0736. The number of rotatable bonds is 4. The SMILES string of the molecule is CNc1nccnc1-c1ccccc1OC(F)F. The van der Waals surface area contributed by atoms with Gasteiger partial charge in [0.05, 0.1) is 0 Å². The fraction of sp³-hybridized carbons (Fsp3) is 0.167. The summed E-state index contributed by atoms with van der Waals surface area (Å²) in [5, 5.41) is 2.86. The lowest BCUT2D eigenvalue weighted by atomic mass is 10.1. The van der Waals surface area contributed by atoms with Crippen LogP contribution in [0.1, 0.15) is 0 Å². The zero-order valence-corrected chi connectivity index (χ0v) is 9.60. The highest BCUT2D eigenvalue weighted by Crippen LogP contribution is 2.32. The van der Waals surface area contributed by atoms with Crippen LogP contribution >= 0.6 is 0 Å². The Balaban J connectivity index is 2.49. The number of nitrogens with zero attached hydrogens (tertiary/aromatic N) is 2. The van der Waals surface area contributed by atoms with Crippen LogP contribution in [0, 0.1) is 0 Å². The Kier molecular flexibility index (Phi) is 3.66. The van der Waals surface area contributed by atoms with Crippen LogP contribution in [0.25, 0.3) is 11.3 Å². The van der Waals surface area contributed by atoms with Gasteiger partial charge in [0.15, 0.2) is 5.82 Å². The minimum atomic E-state index is -2.87. The molecule has 0 radical (unpaired) electrons. The maximum absolute atomic E-state index is 12.3. The number of anilines is 1. The number of alkyl halides is 2. The average molecular weight is 251 g/mol. The van der Waals surface area contributed by atoms with E-state index in [1.165, 1.54) is 18.5 Å². The number of para-hydroxylation sites is 1. The van der Waals surface area contributed by atoms with E-state index in [4.69, 9.17) is 0 Å². The molecule has 18 heavy (non-hydrogen) atoms. The quantitative estimate of drug-likeness (QED) is 0.907. The summed E-state index contributed by atoms with van der Waals surface area (Å²) in [6, 6.07) is 6.47. The molecule has 2 rings (SSSR count). The predicted molar refractivity (Wildman–Crippen MR) is 63.6 cm³/mol. The molecule has 0 spiro atoms. The second-order valence-corrected chi connectivity index (χ2v) is 3.38. The molecule has 0 atom stereocenters. The molecular weight excluding hydrogens is 240 g/mol. The summed E-state index contributed by atoms with van der Waals surface area (Å²) in [5.74, 6) is 0.576. The third-order valence-electron chi connectivity index (χ3n) is 2.29. The largest absolute Gasteiger partial charge is 0.434 e. The fourth-order valence-electron chi connectivity index (χ4n) is 1.58. The van der Waals surface area contributed by atoms with Crippen LogP contribution in [0.2, 0.25) is 0 Å². The molecule has 1 heterocycles. The summed E-state index contributed by atoms with van der Waals surface area (Å²) in [5.41, 5.74) is 0.937. The zero-order chi connectivity index (χ0) is 13.0. The number of halogens is 2. The van der Waals surface area contributed by atoms with Crippen molar-refractivity contribution < 1.29 is 13.5 Å². The second-order valence-electron chi connectivity index (χ2n) is 3.38. The lowest BCUT2D eigenvalue weighted by molar-refractivity contribution is -0.0494. The van der Waals surface area contributed by atoms with E-state index in [0.717, 1.165) is 0 Å². The lowest BCUT2D eigenvalue weighted by Gasteiger charge is -2.12. The Morgan fingerprint density at radius 1 is 1.17 bits per heavy atom. The third-order valence-corrected chi connectivity index (χ3v) is 2.29. The lowest BCUT2D eigenvalue weighted by Crippen LogP contribution is -2.04. The van der Waals surface area contributed by atoms with Gasteiger partial charge < -0.3 is 10.1 Å². The first-order valence-corrected chi connectivity index (χ1v) is 5.25. The van der Waals surface area contributed by atoms with Gasteiger partial charge in [0.2, 0.25) is 0 Å². The standard InChI is InChI=1S/C12H11F2N3O/c1-15-11-10(16-6-7-17-11)8-4-2-3-5-9(8)18-12(13)14/h2-7,12H,1H3,(H,15,17). The van der Waals surface area contributed by atoms with Crippen molar-refractivity contribution in [2.45, 2.75) is 6.61 Å². The van der Waals surface area contributed by atoms with E-state index in [0.29, 0.717) is 17.1 Å². The van der Waals surface area contributed by atoms with E-state index in [1.54, 1.807) is 25.2 Å². The first-order valence-electron chi connectivity index (χ1n) is 5.25. The van der Waals surface area contributed by atoms with Gasteiger partial charge in [-0.05, 0) is 12.1 Å². The molecule has 0 aliphatic rings. The van der Waals surface area contributed by atoms with Crippen LogP contribution in [0.4, 0.5) is 14.6 Å². The van der Waals surface area contributed by atoms with Crippen LogP contribution < -0.4 is 10.1 Å². The summed E-state index contributed by atoms with van der Waals surface area (Å²) in [6.07, 6.45) is 3.02. The first-order chi connectivity index (χ1) is 8.72. The van der Waals surface area contributed by atoms with Crippen molar-refractivity contribution in [1.29, 1.82) is 0 Å². The summed E-state index contributed by atoms with van der Waals surface area (Å²) in [7, 11) is 1.68. The molecule has 0 unspecified atom stereocenters. The maximum Gasteiger partial charge on any atom is 0.387 e. The van der Waals surface area contributed by atoms with E-state index in [-0.39, 0.29) is 5.75 Å². The minimum Gasteiger partial charge on any atom is -0.434 e. The second kappa shape index (κ2) is 5.39. The number of aromatic nitrogens is 2. The van der Waals surface area contributed by atoms with Crippen LogP contribution in [0.15, 0.2) is 36.7 Å². The molecule has 1 N–H and O–H groups in total. The van der Waals surface area contributed by atoms with Crippen LogP contribution in [0.5, 0.6) is 5.75 Å². The van der Waals surface area contributed by atoms with E-state index < -0.39 is 6.61 Å². The fourth-order valence-corrected chi connectivity index (χ4v) is 1.58. The molecule has 0 saturated carbocycles. The Hall–Kier alpha value is -2.24. The van der Waals surface area contributed by atoms with Crippen LogP contribution in [-0.2, 0) is 0 Å². The Labute approximate surface area is 103 Å². The van der Waals surface area contributed by atoms with Crippen molar-refractivity contribution in [3.8, 4) is 17.0 Å². The monoisotopic (exact) mass is 251 g/mol. The summed E-state index contributed by atoms with van der Waals surface area (Å²) >= 11 is 0. The molecule has 0 fully saturated rings. The topological polar surface area (TPSA) is 47.0 Å². The number of nitrogens with one attached hydrogen (secondary N) is 1. The summed E-state index contributed by atoms with van der Waals surface area (Å²) < 4.78 is 29.1. The zero-order valence-electron chi connectivity index (χ0n) is 9.60. The highest BCUT2D eigenvalue weighted by atomic mass is 19.3. The highest BCUT2D eigenvalue weighted by Gasteiger charge is 2.14. The van der Waals surface area contributed by atoms with Gasteiger partial charge in [0, 0.05) is 25.0 Å². The van der Waals surface area contributed by atoms with E-state index in [9.17, 15) is 8.78 Å². The molecule has 2 aromatic rings. The molecule has 0 aliphatic carbocycles. The van der Waals surface area contributed by atoms with Gasteiger partial charge in [-0.15, -0.1) is 0 Å².